The van der Waals surface area contributed by atoms with Crippen molar-refractivity contribution in [1.82, 2.24) is 0 Å². The molecule has 0 saturated heterocycles. The molecule has 4 fully saturated rings. The zero-order chi connectivity index (χ0) is 36.0. The second kappa shape index (κ2) is 14.6. The highest BCUT2D eigenvalue weighted by atomic mass is 16.5. The van der Waals surface area contributed by atoms with Crippen LogP contribution in [0, 0.1) is 56.7 Å². The van der Waals surface area contributed by atoms with E-state index in [9.17, 15) is 4.79 Å². The molecule has 6 rings (SSSR count). The van der Waals surface area contributed by atoms with Crippen molar-refractivity contribution in [1.29, 1.82) is 0 Å². The Morgan fingerprint density at radius 1 is 0.820 bits per heavy atom. The van der Waals surface area contributed by atoms with Crippen LogP contribution in [-0.4, -0.2) is 12.1 Å². The molecule has 50 heavy (non-hydrogen) atoms. The topological polar surface area (TPSA) is 30.2 Å². The van der Waals surface area contributed by atoms with Crippen LogP contribution in [0.4, 0.5) is 0 Å². The third-order valence-electron chi connectivity index (χ3n) is 17.2. The maximum absolute atomic E-state index is 13.7. The summed E-state index contributed by atoms with van der Waals surface area (Å²) in [6.45, 7) is 24.0. The van der Waals surface area contributed by atoms with Crippen molar-refractivity contribution in [3.8, 4) is 0 Å². The van der Waals surface area contributed by atoms with Gasteiger partial charge in [-0.2, -0.15) is 0 Å². The Kier molecular flexibility index (Phi) is 11.2. The van der Waals surface area contributed by atoms with E-state index in [2.05, 4.69) is 79.2 Å². The number of carbonyl (C=O) groups is 1. The van der Waals surface area contributed by atoms with Crippen molar-refractivity contribution in [2.45, 2.75) is 191 Å². The average Bonchev–Trinajstić information content (AvgIpc) is 3.08. The van der Waals surface area contributed by atoms with Gasteiger partial charge in [0.25, 0.3) is 0 Å². The Hall–Kier alpha value is -1.64. The van der Waals surface area contributed by atoms with Crippen LogP contribution in [0.25, 0.3) is 0 Å². The van der Waals surface area contributed by atoms with E-state index in [0.29, 0.717) is 33.6 Å². The molecule has 280 valence electrons. The van der Waals surface area contributed by atoms with Gasteiger partial charge in [-0.25, -0.2) is 9.36 Å². The lowest BCUT2D eigenvalue weighted by Gasteiger charge is -2.71. The second-order valence-corrected chi connectivity index (χ2v) is 20.2. The number of esters is 1. The number of fused-ring (bicyclic) bond motifs is 7. The van der Waals surface area contributed by atoms with Gasteiger partial charge in [-0.1, -0.05) is 119 Å². The molecule has 3 heteroatoms. The second-order valence-electron chi connectivity index (χ2n) is 20.2. The molecule has 0 N–H and O–H groups in total. The predicted molar refractivity (Wildman–Crippen MR) is 208 cm³/mol. The van der Waals surface area contributed by atoms with Gasteiger partial charge in [0.05, 0.1) is 0 Å². The summed E-state index contributed by atoms with van der Waals surface area (Å²) in [5.41, 5.74) is 3.90. The molecule has 1 aromatic heterocycles. The molecule has 5 aliphatic rings. The molecule has 0 aliphatic heterocycles. The lowest BCUT2D eigenvalue weighted by molar-refractivity contribution is -0.697. The van der Waals surface area contributed by atoms with E-state index >= 15 is 0 Å². The SMILES string of the molecule is CCCCCCCCCCC[n+]1cccc(C(=O)O[C@H]2CC[C@]3(C)[C@H]4CC=C5[C@@H]6[C@@H](C)[C@H](C)CC[C@]6(C)CC[C@@]5(C)[C@]4(C)CC[C@H]3C2(C)C)c1. The average molecular weight is 687 g/mol. The van der Waals surface area contributed by atoms with Crippen LogP contribution in [0.1, 0.15) is 188 Å². The lowest BCUT2D eigenvalue weighted by Crippen LogP contribution is -2.65. The van der Waals surface area contributed by atoms with Crippen molar-refractivity contribution >= 4 is 5.97 Å². The van der Waals surface area contributed by atoms with Crippen molar-refractivity contribution in [3.05, 3.63) is 41.7 Å². The fourth-order valence-electron chi connectivity index (χ4n) is 13.6. The van der Waals surface area contributed by atoms with E-state index in [-0.39, 0.29) is 22.9 Å². The number of allylic oxidation sites excluding steroid dienone is 2. The maximum Gasteiger partial charge on any atom is 0.344 e. The fourth-order valence-corrected chi connectivity index (χ4v) is 13.6. The number of ether oxygens (including phenoxy) is 1. The molecule has 0 radical (unpaired) electrons. The van der Waals surface area contributed by atoms with Gasteiger partial charge >= 0.3 is 5.97 Å². The van der Waals surface area contributed by atoms with Crippen LogP contribution in [0.3, 0.4) is 0 Å². The van der Waals surface area contributed by atoms with Gasteiger partial charge < -0.3 is 4.74 Å². The van der Waals surface area contributed by atoms with Crippen LogP contribution in [0.5, 0.6) is 0 Å². The normalized spacial score (nSPS) is 40.5. The monoisotopic (exact) mass is 687 g/mol. The Balaban J connectivity index is 1.11. The summed E-state index contributed by atoms with van der Waals surface area (Å²) < 4.78 is 8.74. The Labute approximate surface area is 308 Å². The smallest absolute Gasteiger partial charge is 0.344 e. The van der Waals surface area contributed by atoms with Crippen molar-refractivity contribution in [2.24, 2.45) is 56.7 Å². The van der Waals surface area contributed by atoms with Gasteiger partial charge in [-0.05, 0) is 122 Å². The van der Waals surface area contributed by atoms with Crippen LogP contribution < -0.4 is 4.57 Å². The molecule has 1 heterocycles. The molecule has 0 aromatic carbocycles. The molecule has 1 aromatic rings. The predicted octanol–water partition coefficient (Wildman–Crippen LogP) is 12.7. The zero-order valence-electron chi connectivity index (χ0n) is 34.0. The van der Waals surface area contributed by atoms with Crippen LogP contribution in [-0.2, 0) is 11.3 Å². The van der Waals surface area contributed by atoms with Crippen LogP contribution in [0.15, 0.2) is 36.2 Å². The number of aryl methyl sites for hydroxylation is 1. The first-order valence-corrected chi connectivity index (χ1v) is 21.6. The number of hydrogen-bond donors (Lipinski definition) is 0. The number of pyridine rings is 1. The highest BCUT2D eigenvalue weighted by molar-refractivity contribution is 5.88. The minimum atomic E-state index is -0.132. The fraction of sp³-hybridized carbons (Fsp3) is 0.830. The van der Waals surface area contributed by atoms with Gasteiger partial charge in [-0.3, -0.25) is 0 Å². The number of hydrogen-bond acceptors (Lipinski definition) is 2. The molecule has 0 amide bonds. The first-order chi connectivity index (χ1) is 23.7. The Morgan fingerprint density at radius 3 is 2.24 bits per heavy atom. The van der Waals surface area contributed by atoms with Crippen molar-refractivity contribution in [3.63, 3.8) is 0 Å². The largest absolute Gasteiger partial charge is 0.458 e. The van der Waals surface area contributed by atoms with Gasteiger partial charge in [0.1, 0.15) is 18.2 Å². The van der Waals surface area contributed by atoms with E-state index in [1.54, 1.807) is 0 Å². The molecule has 4 saturated carbocycles. The summed E-state index contributed by atoms with van der Waals surface area (Å²) in [4.78, 5) is 13.7. The summed E-state index contributed by atoms with van der Waals surface area (Å²) in [7, 11) is 0. The summed E-state index contributed by atoms with van der Waals surface area (Å²) >= 11 is 0. The number of unbranched alkanes of at least 4 members (excludes halogenated alkanes) is 8. The standard InChI is InChI=1S/C47H76NO2/c1-10-11-12-13-14-15-16-17-18-31-48-32-19-20-36(33-48)42(49)50-40-25-27-45(7)38(43(40,4)5)24-28-47(9)39(45)22-21-37-41-35(3)34(2)23-26-44(41,6)29-30-46(37,47)8/h19-21,32-35,38-41H,10-18,22-31H2,1-9H3/q+1/t34-,35+,38+,39-,40+,41+,44-,45+,46-,47-/m1/s1. The van der Waals surface area contributed by atoms with E-state index in [1.165, 1.54) is 109 Å². The number of carbonyl (C=O) groups excluding carboxylic acids is 1. The third-order valence-corrected chi connectivity index (χ3v) is 17.2. The summed E-state index contributed by atoms with van der Waals surface area (Å²) in [6, 6.07) is 3.99. The maximum atomic E-state index is 13.7. The van der Waals surface area contributed by atoms with E-state index < -0.39 is 0 Å². The Morgan fingerprint density at radius 2 is 1.52 bits per heavy atom. The van der Waals surface area contributed by atoms with Crippen LogP contribution >= 0.6 is 0 Å². The molecule has 0 spiro atoms. The molecule has 0 bridgehead atoms. The first-order valence-electron chi connectivity index (χ1n) is 21.6. The van der Waals surface area contributed by atoms with Crippen molar-refractivity contribution < 1.29 is 14.1 Å². The van der Waals surface area contributed by atoms with Gasteiger partial charge in [0.2, 0.25) is 0 Å². The molecular formula is C47H76NO2+. The van der Waals surface area contributed by atoms with Crippen molar-refractivity contribution in [2.75, 3.05) is 0 Å². The van der Waals surface area contributed by atoms with Gasteiger partial charge in [0.15, 0.2) is 12.4 Å². The molecule has 10 atom stereocenters. The van der Waals surface area contributed by atoms with Gasteiger partial charge in [0, 0.05) is 17.9 Å². The summed E-state index contributed by atoms with van der Waals surface area (Å²) in [5.74, 6) is 3.48. The Bertz CT molecular complexity index is 1380. The lowest BCUT2D eigenvalue weighted by atomic mass is 9.33. The zero-order valence-corrected chi connectivity index (χ0v) is 34.0. The highest BCUT2D eigenvalue weighted by Crippen LogP contribution is 2.75. The van der Waals surface area contributed by atoms with E-state index in [0.717, 1.165) is 30.7 Å². The quantitative estimate of drug-likeness (QED) is 0.0948. The minimum absolute atomic E-state index is 0.0336. The number of rotatable bonds is 12. The first kappa shape index (κ1) is 38.1. The summed E-state index contributed by atoms with van der Waals surface area (Å²) in [6.07, 6.45) is 30.4. The van der Waals surface area contributed by atoms with E-state index in [4.69, 9.17) is 4.74 Å². The van der Waals surface area contributed by atoms with E-state index in [1.807, 2.05) is 23.9 Å². The minimum Gasteiger partial charge on any atom is -0.458 e. The number of aromatic nitrogens is 1. The molecule has 3 nitrogen and oxygen atoms in total. The van der Waals surface area contributed by atoms with Gasteiger partial charge in [-0.15, -0.1) is 0 Å². The number of nitrogens with zero attached hydrogens (tertiary/aromatic N) is 1. The molecular weight excluding hydrogens is 611 g/mol. The molecule has 5 aliphatic carbocycles. The molecule has 0 unspecified atom stereocenters. The van der Waals surface area contributed by atoms with Crippen LogP contribution in [0.2, 0.25) is 0 Å². The highest BCUT2D eigenvalue weighted by Gasteiger charge is 2.68. The summed E-state index contributed by atoms with van der Waals surface area (Å²) in [5, 5.41) is 0. The third kappa shape index (κ3) is 6.58.